The fraction of sp³-hybridized carbons (Fsp3) is 0.125. The Kier molecular flexibility index (Phi) is 4.98. The summed E-state index contributed by atoms with van der Waals surface area (Å²) >= 11 is 0. The lowest BCUT2D eigenvalue weighted by molar-refractivity contribution is 0.285. The molecule has 0 spiro atoms. The summed E-state index contributed by atoms with van der Waals surface area (Å²) in [5.41, 5.74) is 4.51. The summed E-state index contributed by atoms with van der Waals surface area (Å²) in [7, 11) is 1.62. The highest BCUT2D eigenvalue weighted by Gasteiger charge is 2.05. The Morgan fingerprint density at radius 1 is 1.29 bits per heavy atom. The van der Waals surface area contributed by atoms with E-state index in [1.807, 2.05) is 30.3 Å². The van der Waals surface area contributed by atoms with E-state index in [4.69, 9.17) is 9.47 Å². The molecule has 0 amide bonds. The van der Waals surface area contributed by atoms with Crippen molar-refractivity contribution in [2.75, 3.05) is 12.6 Å². The van der Waals surface area contributed by atoms with Crippen LogP contribution in [0.15, 0.2) is 60.4 Å². The second kappa shape index (κ2) is 7.73. The smallest absolute Gasteiger partial charge is 0.213 e. The lowest BCUT2D eigenvalue weighted by Gasteiger charge is -2.10. The van der Waals surface area contributed by atoms with Crippen LogP contribution in [0.2, 0.25) is 0 Å². The summed E-state index contributed by atoms with van der Waals surface area (Å²) in [6, 6.07) is 11.2. The average molecular weight is 324 g/mol. The predicted octanol–water partition coefficient (Wildman–Crippen LogP) is 1.84. The molecule has 2 aromatic heterocycles. The number of ether oxygens (including phenoxy) is 2. The first-order valence-corrected chi connectivity index (χ1v) is 7.19. The molecule has 0 aliphatic heterocycles. The average Bonchev–Trinajstić information content (AvgIpc) is 3.14. The van der Waals surface area contributed by atoms with E-state index in [1.165, 1.54) is 17.4 Å². The topological polar surface area (TPSA) is 86.5 Å². The van der Waals surface area contributed by atoms with Gasteiger partial charge < -0.3 is 9.47 Å². The Morgan fingerprint density at radius 3 is 3.00 bits per heavy atom. The van der Waals surface area contributed by atoms with Crippen LogP contribution >= 0.6 is 0 Å². The van der Waals surface area contributed by atoms with E-state index in [2.05, 4.69) is 25.7 Å². The summed E-state index contributed by atoms with van der Waals surface area (Å²) in [6.07, 6.45) is 6.29. The van der Waals surface area contributed by atoms with E-state index in [1.54, 1.807) is 25.6 Å². The summed E-state index contributed by atoms with van der Waals surface area (Å²) in [6.45, 7) is 0.346. The van der Waals surface area contributed by atoms with E-state index < -0.39 is 0 Å². The van der Waals surface area contributed by atoms with Gasteiger partial charge in [0.25, 0.3) is 0 Å². The van der Waals surface area contributed by atoms with Crippen LogP contribution in [0.5, 0.6) is 11.6 Å². The number of hydrogen-bond acceptors (Lipinski definition) is 7. The molecule has 8 nitrogen and oxygen atoms in total. The van der Waals surface area contributed by atoms with E-state index in [0.717, 1.165) is 16.9 Å². The highest BCUT2D eigenvalue weighted by molar-refractivity contribution is 5.80. The quantitative estimate of drug-likeness (QED) is 0.527. The molecule has 24 heavy (non-hydrogen) atoms. The summed E-state index contributed by atoms with van der Waals surface area (Å²) in [4.78, 5) is 9.34. The highest BCUT2D eigenvalue weighted by Crippen LogP contribution is 2.21. The van der Waals surface area contributed by atoms with Gasteiger partial charge in [-0.3, -0.25) is 0 Å². The van der Waals surface area contributed by atoms with Crippen molar-refractivity contribution in [1.82, 2.24) is 19.9 Å². The summed E-state index contributed by atoms with van der Waals surface area (Å²) in [5.74, 6) is 1.30. The van der Waals surface area contributed by atoms with E-state index in [-0.39, 0.29) is 0 Å². The van der Waals surface area contributed by atoms with Gasteiger partial charge in [-0.05, 0) is 29.8 Å². The molecule has 0 radical (unpaired) electrons. The third kappa shape index (κ3) is 4.07. The first-order chi connectivity index (χ1) is 11.8. The first-order valence-electron chi connectivity index (χ1n) is 7.19. The maximum absolute atomic E-state index is 5.68. The molecule has 122 valence electrons. The molecule has 0 bridgehead atoms. The first kappa shape index (κ1) is 15.5. The zero-order chi connectivity index (χ0) is 16.6. The number of rotatable bonds is 7. The molecule has 0 unspecified atom stereocenters. The molecule has 0 saturated heterocycles. The molecule has 0 fully saturated rings. The van der Waals surface area contributed by atoms with E-state index in [9.17, 15) is 0 Å². The zero-order valence-electron chi connectivity index (χ0n) is 13.0. The van der Waals surface area contributed by atoms with Gasteiger partial charge in [-0.15, -0.1) is 9.89 Å². The highest BCUT2D eigenvalue weighted by atomic mass is 16.5. The van der Waals surface area contributed by atoms with Crippen LogP contribution < -0.4 is 15.0 Å². The molecule has 2 heterocycles. The number of aromatic nitrogens is 4. The normalized spacial score (nSPS) is 10.7. The predicted molar refractivity (Wildman–Crippen MR) is 88.5 cm³/mol. The minimum Gasteiger partial charge on any atom is -0.496 e. The van der Waals surface area contributed by atoms with Crippen molar-refractivity contribution in [3.8, 4) is 11.6 Å². The minimum absolute atomic E-state index is 0.346. The van der Waals surface area contributed by atoms with Gasteiger partial charge in [0.15, 0.2) is 0 Å². The molecular weight excluding hydrogens is 308 g/mol. The molecule has 1 N–H and O–H groups in total. The van der Waals surface area contributed by atoms with Gasteiger partial charge in [-0.2, -0.15) is 10.6 Å². The van der Waals surface area contributed by atoms with Gasteiger partial charge >= 0.3 is 0 Å². The number of hydrazone groups is 1. The second-order valence-corrected chi connectivity index (χ2v) is 4.73. The van der Waals surface area contributed by atoms with Crippen molar-refractivity contribution in [2.24, 2.45) is 5.10 Å². The van der Waals surface area contributed by atoms with Crippen molar-refractivity contribution in [1.29, 1.82) is 0 Å². The molecule has 3 rings (SSSR count). The number of nitrogens with one attached hydrogen (secondary N) is 1. The van der Waals surface area contributed by atoms with Crippen LogP contribution in [0.3, 0.4) is 0 Å². The maximum Gasteiger partial charge on any atom is 0.213 e. The van der Waals surface area contributed by atoms with Crippen LogP contribution in [0.1, 0.15) is 11.1 Å². The molecule has 8 heteroatoms. The van der Waals surface area contributed by atoms with Crippen LogP contribution in [0.25, 0.3) is 0 Å². The Hall–Kier alpha value is -3.42. The number of nitrogens with zero attached hydrogens (tertiary/aromatic N) is 5. The van der Waals surface area contributed by atoms with E-state index >= 15 is 0 Å². The SMILES string of the molecule is COc1ccc(C=NNn2cncn2)cc1COc1ccccn1. The third-order valence-electron chi connectivity index (χ3n) is 3.11. The lowest BCUT2D eigenvalue weighted by Crippen LogP contribution is -2.08. The number of hydrogen-bond donors (Lipinski definition) is 1. The molecule has 1 aromatic carbocycles. The number of methoxy groups -OCH3 is 1. The van der Waals surface area contributed by atoms with Gasteiger partial charge in [0.1, 0.15) is 25.0 Å². The second-order valence-electron chi connectivity index (χ2n) is 4.73. The summed E-state index contributed by atoms with van der Waals surface area (Å²) in [5, 5.41) is 7.98. The van der Waals surface area contributed by atoms with Crippen molar-refractivity contribution in [3.05, 3.63) is 66.4 Å². The molecule has 0 aliphatic carbocycles. The van der Waals surface area contributed by atoms with Gasteiger partial charge in [0.05, 0.1) is 13.3 Å². The van der Waals surface area contributed by atoms with E-state index in [0.29, 0.717) is 12.5 Å². The number of pyridine rings is 1. The Morgan fingerprint density at radius 2 is 2.25 bits per heavy atom. The van der Waals surface area contributed by atoms with Crippen molar-refractivity contribution in [3.63, 3.8) is 0 Å². The van der Waals surface area contributed by atoms with Crippen LogP contribution in [0.4, 0.5) is 0 Å². The van der Waals surface area contributed by atoms with Gasteiger partial charge in [0, 0.05) is 17.8 Å². The zero-order valence-corrected chi connectivity index (χ0v) is 13.0. The summed E-state index contributed by atoms with van der Waals surface area (Å²) < 4.78 is 11.0. The molecule has 0 atom stereocenters. The third-order valence-corrected chi connectivity index (χ3v) is 3.11. The lowest BCUT2D eigenvalue weighted by atomic mass is 10.1. The monoisotopic (exact) mass is 324 g/mol. The number of benzene rings is 1. The van der Waals surface area contributed by atoms with Crippen molar-refractivity contribution in [2.45, 2.75) is 6.61 Å². The van der Waals surface area contributed by atoms with Crippen molar-refractivity contribution < 1.29 is 9.47 Å². The molecular formula is C16H16N6O2. The Balaban J connectivity index is 1.69. The largest absolute Gasteiger partial charge is 0.496 e. The van der Waals surface area contributed by atoms with Crippen LogP contribution in [-0.2, 0) is 6.61 Å². The Labute approximate surface area is 138 Å². The van der Waals surface area contributed by atoms with Crippen LogP contribution in [0, 0.1) is 0 Å². The fourth-order valence-electron chi connectivity index (χ4n) is 2.00. The maximum atomic E-state index is 5.68. The van der Waals surface area contributed by atoms with Gasteiger partial charge in [-0.1, -0.05) is 6.07 Å². The fourth-order valence-corrected chi connectivity index (χ4v) is 2.00. The minimum atomic E-state index is 0.346. The molecule has 0 aliphatic rings. The van der Waals surface area contributed by atoms with Crippen LogP contribution in [-0.4, -0.2) is 33.2 Å². The van der Waals surface area contributed by atoms with Crippen molar-refractivity contribution >= 4 is 6.21 Å². The molecule has 0 saturated carbocycles. The standard InChI is InChI=1S/C16H16N6O2/c1-23-15-6-5-13(9-19-21-22-12-17-11-20-22)8-14(15)10-24-16-4-2-3-7-18-16/h2-9,11-12,21H,10H2,1H3. The Bertz CT molecular complexity index is 790. The molecule has 3 aromatic rings. The van der Waals surface area contributed by atoms with Gasteiger partial charge in [0.2, 0.25) is 5.88 Å². The van der Waals surface area contributed by atoms with Gasteiger partial charge in [-0.25, -0.2) is 9.97 Å².